The van der Waals surface area contributed by atoms with Crippen LogP contribution in [0.5, 0.6) is 17.2 Å². The number of carbonyl (C=O) groups excluding carboxylic acids is 1. The molecule has 3 rings (SSSR count). The third-order valence-corrected chi connectivity index (χ3v) is 3.69. The number of amides is 1. The Kier molecular flexibility index (Phi) is 4.66. The molecule has 0 radical (unpaired) electrons. The van der Waals surface area contributed by atoms with Crippen molar-refractivity contribution in [2.24, 2.45) is 0 Å². The van der Waals surface area contributed by atoms with Gasteiger partial charge in [0, 0.05) is 18.0 Å². The van der Waals surface area contributed by atoms with Crippen molar-refractivity contribution in [3.8, 4) is 17.2 Å². The molecule has 0 fully saturated rings. The van der Waals surface area contributed by atoms with Gasteiger partial charge in [0.2, 0.25) is 0 Å². The lowest BCUT2D eigenvalue weighted by molar-refractivity contribution is 0.101. The molecule has 2 aromatic carbocycles. The molecule has 5 nitrogen and oxygen atoms in total. The molecule has 3 aromatic rings. The Morgan fingerprint density at radius 1 is 1.04 bits per heavy atom. The van der Waals surface area contributed by atoms with Crippen molar-refractivity contribution >= 4 is 11.6 Å². The number of ether oxygens (including phenoxy) is 1. The summed E-state index contributed by atoms with van der Waals surface area (Å²) in [5.41, 5.74) is 2.29. The van der Waals surface area contributed by atoms with E-state index in [4.69, 9.17) is 4.74 Å². The van der Waals surface area contributed by atoms with E-state index in [2.05, 4.69) is 10.3 Å². The molecule has 0 atom stereocenters. The number of rotatable bonds is 4. The summed E-state index contributed by atoms with van der Waals surface area (Å²) in [7, 11) is 0. The van der Waals surface area contributed by atoms with E-state index in [9.17, 15) is 9.90 Å². The number of hydrogen-bond acceptors (Lipinski definition) is 4. The van der Waals surface area contributed by atoms with Crippen molar-refractivity contribution in [2.75, 3.05) is 5.32 Å². The second kappa shape index (κ2) is 7.05. The minimum atomic E-state index is -0.478. The molecule has 5 heteroatoms. The molecule has 0 unspecified atom stereocenters. The fourth-order valence-electron chi connectivity index (χ4n) is 2.29. The van der Waals surface area contributed by atoms with Gasteiger partial charge >= 0.3 is 0 Å². The van der Waals surface area contributed by atoms with Gasteiger partial charge in [-0.05, 0) is 49.7 Å². The molecule has 25 heavy (non-hydrogen) atoms. The molecule has 2 N–H and O–H groups in total. The zero-order valence-electron chi connectivity index (χ0n) is 14.0. The molecule has 0 spiro atoms. The van der Waals surface area contributed by atoms with Gasteiger partial charge in [-0.2, -0.15) is 0 Å². The van der Waals surface area contributed by atoms with Crippen LogP contribution in [-0.2, 0) is 0 Å². The Bertz CT molecular complexity index is 905. The Labute approximate surface area is 145 Å². The zero-order chi connectivity index (χ0) is 17.8. The molecular formula is C20H18N2O3. The van der Waals surface area contributed by atoms with Crippen LogP contribution in [0, 0.1) is 13.8 Å². The zero-order valence-corrected chi connectivity index (χ0v) is 14.0. The number of hydrogen-bond donors (Lipinski definition) is 2. The highest BCUT2D eigenvalue weighted by atomic mass is 16.5. The van der Waals surface area contributed by atoms with Crippen molar-refractivity contribution in [1.82, 2.24) is 4.98 Å². The largest absolute Gasteiger partial charge is 0.505 e. The molecule has 0 saturated carbocycles. The monoisotopic (exact) mass is 334 g/mol. The van der Waals surface area contributed by atoms with Crippen LogP contribution in [0.1, 0.15) is 21.6 Å². The molecule has 1 amide bonds. The van der Waals surface area contributed by atoms with Crippen LogP contribution in [-0.4, -0.2) is 16.0 Å². The van der Waals surface area contributed by atoms with Crippen molar-refractivity contribution in [1.29, 1.82) is 0 Å². The van der Waals surface area contributed by atoms with E-state index >= 15 is 0 Å². The summed E-state index contributed by atoms with van der Waals surface area (Å²) < 4.78 is 5.79. The number of aromatic hydroxyl groups is 1. The number of nitrogens with zero attached hydrogens (tertiary/aromatic N) is 1. The lowest BCUT2D eigenvalue weighted by Crippen LogP contribution is -2.14. The highest BCUT2D eigenvalue weighted by molar-refractivity contribution is 6.04. The van der Waals surface area contributed by atoms with Crippen LogP contribution < -0.4 is 10.1 Å². The van der Waals surface area contributed by atoms with Crippen molar-refractivity contribution < 1.29 is 14.6 Å². The van der Waals surface area contributed by atoms with Crippen LogP contribution in [0.3, 0.4) is 0 Å². The number of carbonyl (C=O) groups is 1. The van der Waals surface area contributed by atoms with Crippen LogP contribution >= 0.6 is 0 Å². The second-order valence-corrected chi connectivity index (χ2v) is 5.72. The fraction of sp³-hybridized carbons (Fsp3) is 0.100. The molecule has 0 aliphatic rings. The van der Waals surface area contributed by atoms with E-state index in [1.807, 2.05) is 31.2 Å². The maximum atomic E-state index is 12.3. The highest BCUT2D eigenvalue weighted by Crippen LogP contribution is 2.25. The van der Waals surface area contributed by atoms with Gasteiger partial charge in [0.1, 0.15) is 17.2 Å². The highest BCUT2D eigenvalue weighted by Gasteiger charge is 2.14. The van der Waals surface area contributed by atoms with Gasteiger partial charge in [0.05, 0.1) is 0 Å². The lowest BCUT2D eigenvalue weighted by atomic mass is 10.2. The van der Waals surface area contributed by atoms with Crippen LogP contribution in [0.4, 0.5) is 5.69 Å². The average Bonchev–Trinajstić information content (AvgIpc) is 2.59. The first-order valence-corrected chi connectivity index (χ1v) is 7.83. The van der Waals surface area contributed by atoms with E-state index in [0.717, 1.165) is 5.56 Å². The maximum Gasteiger partial charge on any atom is 0.278 e. The minimum Gasteiger partial charge on any atom is -0.505 e. The summed E-state index contributed by atoms with van der Waals surface area (Å²) >= 11 is 0. The summed E-state index contributed by atoms with van der Waals surface area (Å²) in [6.45, 7) is 3.72. The second-order valence-electron chi connectivity index (χ2n) is 5.72. The first-order valence-electron chi connectivity index (χ1n) is 7.83. The predicted octanol–water partition coefficient (Wildman–Crippen LogP) is 4.45. The van der Waals surface area contributed by atoms with E-state index in [1.54, 1.807) is 37.3 Å². The SMILES string of the molecule is Cc1ccc(Oc2cccc(NC(=O)c3nccc(C)c3O)c2)cc1. The Balaban J connectivity index is 1.76. The standard InChI is InChI=1S/C20H18N2O3/c1-13-6-8-16(9-7-13)25-17-5-3-4-15(12-17)22-20(24)18-19(23)14(2)10-11-21-18/h3-12,23H,1-2H3,(H,22,24). The maximum absolute atomic E-state index is 12.3. The summed E-state index contributed by atoms with van der Waals surface area (Å²) in [5.74, 6) is 0.718. The van der Waals surface area contributed by atoms with Gasteiger partial charge < -0.3 is 15.2 Å². The van der Waals surface area contributed by atoms with E-state index in [0.29, 0.717) is 22.7 Å². The number of aromatic nitrogens is 1. The van der Waals surface area contributed by atoms with E-state index < -0.39 is 5.91 Å². The summed E-state index contributed by atoms with van der Waals surface area (Å²) in [6.07, 6.45) is 1.49. The van der Waals surface area contributed by atoms with Gasteiger partial charge in [0.25, 0.3) is 5.91 Å². The smallest absolute Gasteiger partial charge is 0.278 e. The predicted molar refractivity (Wildman–Crippen MR) is 96.3 cm³/mol. The molecular weight excluding hydrogens is 316 g/mol. The van der Waals surface area contributed by atoms with Gasteiger partial charge in [-0.15, -0.1) is 0 Å². The number of pyridine rings is 1. The van der Waals surface area contributed by atoms with Gasteiger partial charge in [-0.3, -0.25) is 4.79 Å². The Morgan fingerprint density at radius 2 is 1.80 bits per heavy atom. The van der Waals surface area contributed by atoms with Gasteiger partial charge in [0.15, 0.2) is 5.69 Å². The molecule has 0 aliphatic carbocycles. The van der Waals surface area contributed by atoms with Crippen LogP contribution in [0.2, 0.25) is 0 Å². The molecule has 0 aliphatic heterocycles. The number of nitrogens with one attached hydrogen (secondary N) is 1. The minimum absolute atomic E-state index is 0.00939. The molecule has 0 saturated heterocycles. The summed E-state index contributed by atoms with van der Waals surface area (Å²) in [5, 5.41) is 12.7. The Morgan fingerprint density at radius 3 is 2.56 bits per heavy atom. The van der Waals surface area contributed by atoms with Gasteiger partial charge in [-0.1, -0.05) is 23.8 Å². The summed E-state index contributed by atoms with van der Waals surface area (Å²) in [6, 6.07) is 16.4. The third-order valence-electron chi connectivity index (χ3n) is 3.69. The third kappa shape index (κ3) is 3.95. The van der Waals surface area contributed by atoms with Crippen LogP contribution in [0.25, 0.3) is 0 Å². The van der Waals surface area contributed by atoms with Crippen molar-refractivity contribution in [2.45, 2.75) is 13.8 Å². The number of benzene rings is 2. The molecule has 1 heterocycles. The summed E-state index contributed by atoms with van der Waals surface area (Å²) in [4.78, 5) is 16.3. The first-order chi connectivity index (χ1) is 12.0. The van der Waals surface area contributed by atoms with E-state index in [1.165, 1.54) is 6.20 Å². The Hall–Kier alpha value is -3.34. The normalized spacial score (nSPS) is 10.3. The topological polar surface area (TPSA) is 71.5 Å². The van der Waals surface area contributed by atoms with Gasteiger partial charge in [-0.25, -0.2) is 4.98 Å². The molecule has 0 bridgehead atoms. The lowest BCUT2D eigenvalue weighted by Gasteiger charge is -2.10. The number of anilines is 1. The first kappa shape index (κ1) is 16.5. The van der Waals surface area contributed by atoms with E-state index in [-0.39, 0.29) is 11.4 Å². The van der Waals surface area contributed by atoms with Crippen molar-refractivity contribution in [3.05, 3.63) is 77.6 Å². The average molecular weight is 334 g/mol. The van der Waals surface area contributed by atoms with Crippen LogP contribution in [0.15, 0.2) is 60.8 Å². The molecule has 126 valence electrons. The number of aryl methyl sites for hydroxylation is 2. The fourth-order valence-corrected chi connectivity index (χ4v) is 2.29. The van der Waals surface area contributed by atoms with Crippen molar-refractivity contribution in [3.63, 3.8) is 0 Å². The quantitative estimate of drug-likeness (QED) is 0.739. The molecule has 1 aromatic heterocycles.